The van der Waals surface area contributed by atoms with Gasteiger partial charge in [0.15, 0.2) is 0 Å². The highest BCUT2D eigenvalue weighted by atomic mass is 35.5. The van der Waals surface area contributed by atoms with Crippen molar-refractivity contribution in [3.05, 3.63) is 154 Å². The fourth-order valence-corrected chi connectivity index (χ4v) is 6.70. The number of hydrogen-bond acceptors (Lipinski definition) is 7. The normalized spacial score (nSPS) is 12.6. The van der Waals surface area contributed by atoms with Gasteiger partial charge in [0.05, 0.1) is 21.5 Å². The second kappa shape index (κ2) is 16.5. The van der Waals surface area contributed by atoms with Gasteiger partial charge in [-0.2, -0.15) is 0 Å². The van der Waals surface area contributed by atoms with Crippen molar-refractivity contribution in [3.8, 4) is 5.75 Å². The van der Waals surface area contributed by atoms with Gasteiger partial charge in [-0.1, -0.05) is 90.5 Å². The summed E-state index contributed by atoms with van der Waals surface area (Å²) >= 11 is 5.95. The monoisotopic (exact) mass is 683 g/mol. The van der Waals surface area contributed by atoms with Crippen LogP contribution in [0.5, 0.6) is 5.75 Å². The van der Waals surface area contributed by atoms with E-state index in [-0.39, 0.29) is 28.0 Å². The van der Waals surface area contributed by atoms with Gasteiger partial charge in [0, 0.05) is 24.3 Å². The predicted octanol–water partition coefficient (Wildman–Crippen LogP) is 6.37. The Morgan fingerprint density at radius 3 is 2.17 bits per heavy atom. The van der Waals surface area contributed by atoms with E-state index < -0.39 is 21.8 Å². The van der Waals surface area contributed by atoms with E-state index in [1.165, 1.54) is 18.2 Å². The zero-order valence-electron chi connectivity index (χ0n) is 26.6. The molecule has 0 aliphatic rings. The minimum Gasteiger partial charge on any atom is -0.488 e. The third-order valence-corrected chi connectivity index (χ3v) is 9.90. The second-order valence-electron chi connectivity index (χ2n) is 11.3. The molecule has 0 saturated heterocycles. The molecule has 8 nitrogen and oxygen atoms in total. The van der Waals surface area contributed by atoms with Gasteiger partial charge < -0.3 is 20.5 Å². The van der Waals surface area contributed by atoms with Crippen molar-refractivity contribution in [2.75, 3.05) is 13.1 Å². The minimum atomic E-state index is -3.92. The van der Waals surface area contributed by atoms with E-state index >= 15 is 0 Å². The van der Waals surface area contributed by atoms with E-state index in [0.717, 1.165) is 16.7 Å². The quantitative estimate of drug-likeness (QED) is 0.110. The SMILES string of the molecule is CCNC(=O)c1cc(S(=O)(=O)c2ccc(CCNC(Cc3ccccc3)[C@H](O)c3ccc(Cl)nc3)cc2)ccc1OCc1ccccc1. The van der Waals surface area contributed by atoms with Crippen LogP contribution >= 0.6 is 11.6 Å². The van der Waals surface area contributed by atoms with E-state index in [4.69, 9.17) is 16.3 Å². The number of aliphatic hydroxyl groups excluding tert-OH is 1. The first-order valence-electron chi connectivity index (χ1n) is 15.7. The zero-order chi connectivity index (χ0) is 33.9. The lowest BCUT2D eigenvalue weighted by Gasteiger charge is -2.25. The van der Waals surface area contributed by atoms with Gasteiger partial charge in [0.2, 0.25) is 9.84 Å². The smallest absolute Gasteiger partial charge is 0.255 e. The summed E-state index contributed by atoms with van der Waals surface area (Å²) in [5, 5.41) is 17.8. The molecule has 1 amide bonds. The number of nitrogens with zero attached hydrogens (tertiary/aromatic N) is 1. The molecule has 1 aromatic heterocycles. The number of ether oxygens (including phenoxy) is 1. The first-order valence-corrected chi connectivity index (χ1v) is 17.6. The van der Waals surface area contributed by atoms with E-state index in [9.17, 15) is 18.3 Å². The molecule has 3 N–H and O–H groups in total. The number of amides is 1. The summed E-state index contributed by atoms with van der Waals surface area (Å²) in [6.45, 7) is 2.96. The Morgan fingerprint density at radius 2 is 1.52 bits per heavy atom. The lowest BCUT2D eigenvalue weighted by Crippen LogP contribution is -2.38. The van der Waals surface area contributed by atoms with Crippen LogP contribution in [0.1, 0.15) is 45.6 Å². The molecule has 0 fully saturated rings. The summed E-state index contributed by atoms with van der Waals surface area (Å²) in [5.41, 5.74) is 3.74. The van der Waals surface area contributed by atoms with Crippen LogP contribution in [0.4, 0.5) is 0 Å². The average molecular weight is 684 g/mol. The maximum Gasteiger partial charge on any atom is 0.255 e. The van der Waals surface area contributed by atoms with Crippen LogP contribution in [0.25, 0.3) is 0 Å². The number of hydrogen-bond donors (Lipinski definition) is 3. The summed E-state index contributed by atoms with van der Waals surface area (Å²) in [4.78, 5) is 17.1. The van der Waals surface area contributed by atoms with Gasteiger partial charge in [0.1, 0.15) is 17.5 Å². The van der Waals surface area contributed by atoms with Gasteiger partial charge in [-0.05, 0) is 79.4 Å². The first-order chi connectivity index (χ1) is 23.2. The van der Waals surface area contributed by atoms with Crippen LogP contribution in [0.3, 0.4) is 0 Å². The Balaban J connectivity index is 1.27. The molecule has 1 heterocycles. The van der Waals surface area contributed by atoms with Crippen molar-refractivity contribution in [2.24, 2.45) is 0 Å². The third kappa shape index (κ3) is 9.08. The van der Waals surface area contributed by atoms with Crippen LogP contribution in [0, 0.1) is 0 Å². The predicted molar refractivity (Wildman–Crippen MR) is 187 cm³/mol. The van der Waals surface area contributed by atoms with E-state index in [1.54, 1.807) is 49.5 Å². The Hall–Kier alpha value is -4.54. The van der Waals surface area contributed by atoms with E-state index in [0.29, 0.717) is 42.4 Å². The molecule has 248 valence electrons. The van der Waals surface area contributed by atoms with E-state index in [2.05, 4.69) is 15.6 Å². The molecule has 10 heteroatoms. The lowest BCUT2D eigenvalue weighted by molar-refractivity contribution is 0.0951. The Morgan fingerprint density at radius 1 is 0.854 bits per heavy atom. The number of nitrogens with one attached hydrogen (secondary N) is 2. The van der Waals surface area contributed by atoms with Crippen molar-refractivity contribution in [3.63, 3.8) is 0 Å². The van der Waals surface area contributed by atoms with Crippen LogP contribution in [-0.4, -0.2) is 43.5 Å². The molecule has 0 aliphatic heterocycles. The van der Waals surface area contributed by atoms with Gasteiger partial charge in [0.25, 0.3) is 5.91 Å². The summed E-state index contributed by atoms with van der Waals surface area (Å²) < 4.78 is 33.2. The lowest BCUT2D eigenvalue weighted by atomic mass is 9.96. The van der Waals surface area contributed by atoms with Crippen molar-refractivity contribution >= 4 is 27.3 Å². The Labute approximate surface area is 286 Å². The molecule has 0 bridgehead atoms. The van der Waals surface area contributed by atoms with Gasteiger partial charge in [-0.25, -0.2) is 13.4 Å². The maximum atomic E-state index is 13.7. The summed E-state index contributed by atoms with van der Waals surface area (Å²) in [6, 6.07) is 33.6. The first kappa shape index (κ1) is 34.8. The molecule has 5 rings (SSSR count). The zero-order valence-corrected chi connectivity index (χ0v) is 28.1. The number of sulfone groups is 1. The van der Waals surface area contributed by atoms with Crippen molar-refractivity contribution in [1.82, 2.24) is 15.6 Å². The highest BCUT2D eigenvalue weighted by Crippen LogP contribution is 2.28. The van der Waals surface area contributed by atoms with Crippen LogP contribution in [0.15, 0.2) is 131 Å². The second-order valence-corrected chi connectivity index (χ2v) is 13.6. The molecule has 1 unspecified atom stereocenters. The standard InChI is InChI=1S/C38H38ClN3O5S/c1-2-40-38(44)33-24-32(18-19-35(33)47-26-29-11-7-4-8-12-29)48(45,46)31-16-13-27(14-17-31)21-22-41-34(23-28-9-5-3-6-10-28)37(43)30-15-20-36(39)42-25-30/h3-20,24-25,34,37,41,43H,2,21-23,26H2,1H3,(H,40,44)/t34?,37-/m1/s1. The molecule has 0 spiro atoms. The molecule has 0 radical (unpaired) electrons. The number of halogens is 1. The molecular weight excluding hydrogens is 646 g/mol. The number of carbonyl (C=O) groups excluding carboxylic acids is 1. The number of aromatic nitrogens is 1. The van der Waals surface area contributed by atoms with Crippen molar-refractivity contribution in [1.29, 1.82) is 0 Å². The molecule has 48 heavy (non-hydrogen) atoms. The number of rotatable bonds is 15. The summed E-state index contributed by atoms with van der Waals surface area (Å²) in [5.74, 6) is -0.113. The van der Waals surface area contributed by atoms with Gasteiger partial charge in [-0.15, -0.1) is 0 Å². The number of benzene rings is 4. The highest BCUT2D eigenvalue weighted by molar-refractivity contribution is 7.91. The van der Waals surface area contributed by atoms with Gasteiger partial charge >= 0.3 is 0 Å². The molecule has 2 atom stereocenters. The molecule has 5 aromatic rings. The topological polar surface area (TPSA) is 118 Å². The summed E-state index contributed by atoms with van der Waals surface area (Å²) in [6.07, 6.45) is 1.96. The van der Waals surface area contributed by atoms with Crippen LogP contribution in [-0.2, 0) is 29.3 Å². The molecule has 4 aromatic carbocycles. The minimum absolute atomic E-state index is 0.000313. The molecular formula is C38H38ClN3O5S. The molecule has 0 saturated carbocycles. The molecule has 0 aliphatic carbocycles. The highest BCUT2D eigenvalue weighted by Gasteiger charge is 2.23. The maximum absolute atomic E-state index is 13.7. The fraction of sp³-hybridized carbons (Fsp3) is 0.211. The largest absolute Gasteiger partial charge is 0.488 e. The van der Waals surface area contributed by atoms with Crippen LogP contribution in [0.2, 0.25) is 5.15 Å². The third-order valence-electron chi connectivity index (χ3n) is 7.91. The number of carbonyl (C=O) groups is 1. The number of pyridine rings is 1. The van der Waals surface area contributed by atoms with Crippen LogP contribution < -0.4 is 15.4 Å². The van der Waals surface area contributed by atoms with E-state index in [1.807, 2.05) is 60.7 Å². The average Bonchev–Trinajstić information content (AvgIpc) is 3.11. The van der Waals surface area contributed by atoms with Gasteiger partial charge in [-0.3, -0.25) is 4.79 Å². The summed E-state index contributed by atoms with van der Waals surface area (Å²) in [7, 11) is -3.92. The Kier molecular flexibility index (Phi) is 12.0. The number of aliphatic hydroxyl groups is 1. The van der Waals surface area contributed by atoms with Crippen molar-refractivity contribution in [2.45, 2.75) is 48.3 Å². The fourth-order valence-electron chi connectivity index (χ4n) is 5.30. The Bertz CT molecular complexity index is 1890. The van der Waals surface area contributed by atoms with Crippen molar-refractivity contribution < 1.29 is 23.1 Å².